The lowest BCUT2D eigenvalue weighted by Crippen LogP contribution is -2.48. The predicted molar refractivity (Wildman–Crippen MR) is 107 cm³/mol. The molecule has 1 aromatic carbocycles. The van der Waals surface area contributed by atoms with Crippen molar-refractivity contribution in [2.45, 2.75) is 45.2 Å². The second-order valence-electron chi connectivity index (χ2n) is 6.50. The van der Waals surface area contributed by atoms with Crippen LogP contribution in [-0.4, -0.2) is 41.0 Å². The zero-order chi connectivity index (χ0) is 20.2. The highest BCUT2D eigenvalue weighted by Crippen LogP contribution is 2.12. The quantitative estimate of drug-likeness (QED) is 0.409. The molecule has 28 heavy (non-hydrogen) atoms. The van der Waals surface area contributed by atoms with E-state index in [9.17, 15) is 9.59 Å². The van der Waals surface area contributed by atoms with Crippen LogP contribution in [0.15, 0.2) is 36.8 Å². The monoisotopic (exact) mass is 387 g/mol. The molecule has 0 unspecified atom stereocenters. The van der Waals surface area contributed by atoms with E-state index < -0.39 is 6.04 Å². The van der Waals surface area contributed by atoms with Crippen molar-refractivity contribution in [3.63, 3.8) is 0 Å². The fourth-order valence-electron chi connectivity index (χ4n) is 2.57. The first-order chi connectivity index (χ1) is 13.6. The number of rotatable bonds is 12. The van der Waals surface area contributed by atoms with Gasteiger partial charge in [0.2, 0.25) is 11.8 Å². The molecule has 1 heterocycles. The summed E-state index contributed by atoms with van der Waals surface area (Å²) >= 11 is 0. The van der Waals surface area contributed by atoms with Gasteiger partial charge in [-0.25, -0.2) is 4.98 Å². The Morgan fingerprint density at radius 1 is 1.29 bits per heavy atom. The maximum absolute atomic E-state index is 12.6. The van der Waals surface area contributed by atoms with Crippen molar-refractivity contribution in [1.82, 2.24) is 20.6 Å². The van der Waals surface area contributed by atoms with E-state index in [0.717, 1.165) is 29.8 Å². The number of imidazole rings is 1. The highest BCUT2D eigenvalue weighted by Gasteiger charge is 2.21. The molecule has 1 aromatic heterocycles. The molecule has 2 rings (SSSR count). The molecule has 8 nitrogen and oxygen atoms in total. The number of ether oxygens (including phenoxy) is 1. The van der Waals surface area contributed by atoms with E-state index >= 15 is 0 Å². The number of nitrogens with one attached hydrogen (secondary N) is 3. The van der Waals surface area contributed by atoms with Crippen LogP contribution in [0.4, 0.5) is 0 Å². The molecule has 0 radical (unpaired) electrons. The van der Waals surface area contributed by atoms with Crippen LogP contribution >= 0.6 is 0 Å². The lowest BCUT2D eigenvalue weighted by atomic mass is 10.1. The van der Waals surface area contributed by atoms with E-state index in [1.165, 1.54) is 6.33 Å². The van der Waals surface area contributed by atoms with Crippen LogP contribution < -0.4 is 21.1 Å². The third kappa shape index (κ3) is 7.40. The minimum Gasteiger partial charge on any atom is -0.494 e. The third-order valence-corrected chi connectivity index (χ3v) is 4.16. The average Bonchev–Trinajstić information content (AvgIpc) is 3.20. The zero-order valence-electron chi connectivity index (χ0n) is 16.2. The second kappa shape index (κ2) is 11.8. The molecule has 2 aromatic rings. The Labute approximate surface area is 165 Å². The summed E-state index contributed by atoms with van der Waals surface area (Å²) in [5.41, 5.74) is 7.13. The van der Waals surface area contributed by atoms with Crippen LogP contribution in [0, 0.1) is 0 Å². The molecule has 0 aliphatic carbocycles. The number of carbonyl (C=O) groups excluding carboxylic acids is 2. The van der Waals surface area contributed by atoms with Crippen LogP contribution in [0.3, 0.4) is 0 Å². The van der Waals surface area contributed by atoms with Gasteiger partial charge in [0.15, 0.2) is 0 Å². The maximum atomic E-state index is 12.6. The third-order valence-electron chi connectivity index (χ3n) is 4.16. The van der Waals surface area contributed by atoms with E-state index in [4.69, 9.17) is 10.5 Å². The number of unbranched alkanes of at least 4 members (excludes halogenated alkanes) is 1. The Hall–Kier alpha value is -2.87. The summed E-state index contributed by atoms with van der Waals surface area (Å²) in [4.78, 5) is 31.4. The summed E-state index contributed by atoms with van der Waals surface area (Å²) < 4.78 is 5.64. The highest BCUT2D eigenvalue weighted by atomic mass is 16.5. The summed E-state index contributed by atoms with van der Waals surface area (Å²) in [7, 11) is 0. The van der Waals surface area contributed by atoms with E-state index in [2.05, 4.69) is 27.5 Å². The Morgan fingerprint density at radius 2 is 2.07 bits per heavy atom. The van der Waals surface area contributed by atoms with Gasteiger partial charge in [0, 0.05) is 37.8 Å². The number of hydrogen-bond donors (Lipinski definition) is 4. The summed E-state index contributed by atoms with van der Waals surface area (Å²) in [6, 6.07) is 6.91. The van der Waals surface area contributed by atoms with Gasteiger partial charge in [-0.05, 0) is 24.1 Å². The highest BCUT2D eigenvalue weighted by molar-refractivity contribution is 5.87. The predicted octanol–water partition coefficient (Wildman–Crippen LogP) is 1.28. The second-order valence-corrected chi connectivity index (χ2v) is 6.50. The van der Waals surface area contributed by atoms with Gasteiger partial charge < -0.3 is 26.1 Å². The molecule has 2 amide bonds. The SMILES string of the molecule is CCCCOc1ccc(CNC(=O)[C@H](Cc2cnc[nH]2)NC(=O)CCN)cc1. The number of nitrogens with two attached hydrogens (primary N) is 1. The van der Waals surface area contributed by atoms with E-state index in [-0.39, 0.29) is 24.8 Å². The van der Waals surface area contributed by atoms with E-state index in [0.29, 0.717) is 19.6 Å². The molecule has 0 aliphatic heterocycles. The summed E-state index contributed by atoms with van der Waals surface area (Å²) in [5.74, 6) is 0.300. The molecular formula is C20H29N5O3. The standard InChI is InChI=1S/C20H29N5O3/c1-2-3-10-28-17-6-4-15(5-7-17)12-23-20(27)18(25-19(26)8-9-21)11-16-13-22-14-24-16/h4-7,13-14,18H,2-3,8-12,21H2,1H3,(H,22,24)(H,23,27)(H,25,26)/t18-/m0/s1. The van der Waals surface area contributed by atoms with Gasteiger partial charge in [-0.2, -0.15) is 0 Å². The van der Waals surface area contributed by atoms with Crippen molar-refractivity contribution in [2.24, 2.45) is 5.73 Å². The first kappa shape index (κ1) is 21.4. The fourth-order valence-corrected chi connectivity index (χ4v) is 2.57. The summed E-state index contributed by atoms with van der Waals surface area (Å²) in [6.07, 6.45) is 5.78. The Balaban J connectivity index is 1.89. The number of aromatic nitrogens is 2. The van der Waals surface area contributed by atoms with Gasteiger partial charge in [0.1, 0.15) is 11.8 Å². The normalized spacial score (nSPS) is 11.6. The molecule has 0 saturated heterocycles. The van der Waals surface area contributed by atoms with Crippen molar-refractivity contribution in [2.75, 3.05) is 13.2 Å². The van der Waals surface area contributed by atoms with Crippen molar-refractivity contribution in [3.05, 3.63) is 48.0 Å². The van der Waals surface area contributed by atoms with Gasteiger partial charge in [0.05, 0.1) is 12.9 Å². The number of carbonyl (C=O) groups is 2. The number of benzene rings is 1. The molecule has 0 bridgehead atoms. The maximum Gasteiger partial charge on any atom is 0.243 e. The average molecular weight is 387 g/mol. The van der Waals surface area contributed by atoms with Crippen molar-refractivity contribution >= 4 is 11.8 Å². The molecule has 0 saturated carbocycles. The van der Waals surface area contributed by atoms with Crippen molar-refractivity contribution < 1.29 is 14.3 Å². The van der Waals surface area contributed by atoms with Crippen LogP contribution in [-0.2, 0) is 22.6 Å². The molecule has 0 aliphatic rings. The molecule has 152 valence electrons. The first-order valence-corrected chi connectivity index (χ1v) is 9.58. The Morgan fingerprint density at radius 3 is 2.71 bits per heavy atom. The lowest BCUT2D eigenvalue weighted by molar-refractivity contribution is -0.129. The van der Waals surface area contributed by atoms with Crippen LogP contribution in [0.1, 0.15) is 37.4 Å². The van der Waals surface area contributed by atoms with Gasteiger partial charge in [-0.1, -0.05) is 25.5 Å². The number of H-pyrrole nitrogens is 1. The number of nitrogens with zero attached hydrogens (tertiary/aromatic N) is 1. The smallest absolute Gasteiger partial charge is 0.243 e. The van der Waals surface area contributed by atoms with E-state index in [1.54, 1.807) is 6.20 Å². The first-order valence-electron chi connectivity index (χ1n) is 9.58. The minimum atomic E-state index is -0.698. The molecule has 5 N–H and O–H groups in total. The molecule has 0 fully saturated rings. The molecule has 0 spiro atoms. The lowest BCUT2D eigenvalue weighted by Gasteiger charge is -2.18. The van der Waals surface area contributed by atoms with Crippen molar-refractivity contribution in [3.8, 4) is 5.75 Å². The zero-order valence-corrected chi connectivity index (χ0v) is 16.2. The van der Waals surface area contributed by atoms with Gasteiger partial charge in [-0.3, -0.25) is 9.59 Å². The van der Waals surface area contributed by atoms with Crippen LogP contribution in [0.25, 0.3) is 0 Å². The van der Waals surface area contributed by atoms with Gasteiger partial charge in [-0.15, -0.1) is 0 Å². The Bertz CT molecular complexity index is 716. The molecular weight excluding hydrogens is 358 g/mol. The Kier molecular flexibility index (Phi) is 9.00. The summed E-state index contributed by atoms with van der Waals surface area (Å²) in [6.45, 7) is 3.41. The van der Waals surface area contributed by atoms with Gasteiger partial charge >= 0.3 is 0 Å². The number of amides is 2. The molecule has 1 atom stereocenters. The molecule has 8 heteroatoms. The minimum absolute atomic E-state index is 0.173. The number of hydrogen-bond acceptors (Lipinski definition) is 5. The number of aromatic amines is 1. The van der Waals surface area contributed by atoms with Gasteiger partial charge in [0.25, 0.3) is 0 Å². The topological polar surface area (TPSA) is 122 Å². The van der Waals surface area contributed by atoms with E-state index in [1.807, 2.05) is 24.3 Å². The van der Waals surface area contributed by atoms with Crippen LogP contribution in [0.2, 0.25) is 0 Å². The van der Waals surface area contributed by atoms with Crippen LogP contribution in [0.5, 0.6) is 5.75 Å². The van der Waals surface area contributed by atoms with Crippen molar-refractivity contribution in [1.29, 1.82) is 0 Å². The fraction of sp³-hybridized carbons (Fsp3) is 0.450. The largest absolute Gasteiger partial charge is 0.494 e. The summed E-state index contributed by atoms with van der Waals surface area (Å²) in [5, 5.41) is 5.60.